The quantitative estimate of drug-likeness (QED) is 0.431. The Morgan fingerprint density at radius 2 is 2.17 bits per heavy atom. The van der Waals surface area contributed by atoms with Crippen LogP contribution in [-0.2, 0) is 0 Å². The van der Waals surface area contributed by atoms with Gasteiger partial charge in [-0.3, -0.25) is 5.21 Å². The molecule has 0 heterocycles. The van der Waals surface area contributed by atoms with Crippen LogP contribution >= 0.6 is 11.6 Å². The number of nitrogens with zero attached hydrogens (tertiary/aromatic N) is 2. The summed E-state index contributed by atoms with van der Waals surface area (Å²) in [5.74, 6) is 0.683. The molecule has 0 atom stereocenters. The summed E-state index contributed by atoms with van der Waals surface area (Å²) in [5, 5.41) is 15.8. The van der Waals surface area contributed by atoms with Gasteiger partial charge in [0, 0.05) is 5.56 Å². The van der Waals surface area contributed by atoms with Crippen molar-refractivity contribution in [1.29, 1.82) is 0 Å². The van der Waals surface area contributed by atoms with E-state index in [1.54, 1.807) is 17.6 Å². The molecule has 0 spiro atoms. The molecule has 0 aliphatic rings. The van der Waals surface area contributed by atoms with Gasteiger partial charge in [0.15, 0.2) is 11.5 Å². The zero-order valence-electron chi connectivity index (χ0n) is 9.85. The molecule has 1 aromatic rings. The second kappa shape index (κ2) is 6.67. The van der Waals surface area contributed by atoms with E-state index in [2.05, 4.69) is 10.2 Å². The van der Waals surface area contributed by atoms with Crippen LogP contribution < -0.4 is 20.7 Å². The maximum absolute atomic E-state index is 8.39. The summed E-state index contributed by atoms with van der Waals surface area (Å²) in [6.45, 7) is 0. The number of nitrogens with one attached hydrogen (secondary N) is 1. The number of hydrogen-bond acceptors (Lipinski definition) is 5. The molecule has 0 aromatic heterocycles. The molecule has 0 saturated carbocycles. The largest absolute Gasteiger partial charge is 0.493 e. The minimum absolute atomic E-state index is 0.233. The third kappa shape index (κ3) is 3.25. The number of hydrogen-bond donors (Lipinski definition) is 3. The molecule has 1 rings (SSSR count). The van der Waals surface area contributed by atoms with Crippen molar-refractivity contribution in [3.05, 3.63) is 22.7 Å². The predicted molar refractivity (Wildman–Crippen MR) is 68.7 cm³/mol. The summed E-state index contributed by atoms with van der Waals surface area (Å²) in [6, 6.07) is 3.37. The van der Waals surface area contributed by atoms with Crippen LogP contribution in [0.1, 0.15) is 5.56 Å². The van der Waals surface area contributed by atoms with Crippen molar-refractivity contribution in [2.24, 2.45) is 15.9 Å². The number of benzene rings is 1. The van der Waals surface area contributed by atoms with E-state index in [4.69, 9.17) is 32.0 Å². The Bertz CT molecular complexity index is 476. The van der Waals surface area contributed by atoms with E-state index >= 15 is 0 Å². The number of methoxy groups -OCH3 is 2. The van der Waals surface area contributed by atoms with Gasteiger partial charge in [0.25, 0.3) is 0 Å². The average Bonchev–Trinajstić information content (AvgIpc) is 2.39. The Morgan fingerprint density at radius 1 is 1.44 bits per heavy atom. The summed E-state index contributed by atoms with van der Waals surface area (Å²) in [7, 11) is 3.00. The molecule has 0 bridgehead atoms. The van der Waals surface area contributed by atoms with Gasteiger partial charge in [0.2, 0.25) is 5.96 Å². The van der Waals surface area contributed by atoms with Crippen molar-refractivity contribution < 1.29 is 14.7 Å². The topological polar surface area (TPSA) is 101 Å². The Morgan fingerprint density at radius 3 is 2.72 bits per heavy atom. The molecule has 1 aromatic carbocycles. The third-order valence-electron chi connectivity index (χ3n) is 1.99. The van der Waals surface area contributed by atoms with E-state index in [1.165, 1.54) is 20.4 Å². The molecular formula is C10H13ClN4O3. The lowest BCUT2D eigenvalue weighted by Gasteiger charge is -2.10. The van der Waals surface area contributed by atoms with E-state index in [0.29, 0.717) is 22.1 Å². The highest BCUT2D eigenvalue weighted by molar-refractivity contribution is 6.34. The van der Waals surface area contributed by atoms with Crippen molar-refractivity contribution in [1.82, 2.24) is 5.48 Å². The monoisotopic (exact) mass is 272 g/mol. The number of nitrogens with two attached hydrogens (primary N) is 1. The van der Waals surface area contributed by atoms with Crippen molar-refractivity contribution in [3.63, 3.8) is 0 Å². The van der Waals surface area contributed by atoms with Gasteiger partial charge in [-0.05, 0) is 12.1 Å². The van der Waals surface area contributed by atoms with E-state index in [-0.39, 0.29) is 5.96 Å². The smallest absolute Gasteiger partial charge is 0.237 e. The van der Waals surface area contributed by atoms with Crippen molar-refractivity contribution >= 4 is 23.8 Å². The average molecular weight is 273 g/mol. The predicted octanol–water partition coefficient (Wildman–Crippen LogP) is 0.985. The van der Waals surface area contributed by atoms with Gasteiger partial charge in [-0.1, -0.05) is 11.6 Å². The van der Waals surface area contributed by atoms with Crippen molar-refractivity contribution in [2.75, 3.05) is 14.2 Å². The Labute approximate surface area is 109 Å². The molecule has 0 radical (unpaired) electrons. The first kappa shape index (κ1) is 14.1. The normalized spacial score (nSPS) is 11.7. The molecule has 0 unspecified atom stereocenters. The second-order valence-electron chi connectivity index (χ2n) is 3.05. The van der Waals surface area contributed by atoms with Gasteiger partial charge in [-0.15, -0.1) is 5.10 Å². The molecule has 8 heteroatoms. The molecule has 98 valence electrons. The molecular weight excluding hydrogens is 260 g/mol. The first-order valence-corrected chi connectivity index (χ1v) is 5.19. The zero-order valence-corrected chi connectivity index (χ0v) is 10.6. The van der Waals surface area contributed by atoms with Crippen LogP contribution in [0.25, 0.3) is 0 Å². The molecule has 4 N–H and O–H groups in total. The molecule has 18 heavy (non-hydrogen) atoms. The third-order valence-corrected chi connectivity index (χ3v) is 2.38. The van der Waals surface area contributed by atoms with Gasteiger partial charge >= 0.3 is 0 Å². The fourth-order valence-corrected chi connectivity index (χ4v) is 1.46. The Kier molecular flexibility index (Phi) is 5.22. The van der Waals surface area contributed by atoms with Gasteiger partial charge < -0.3 is 15.2 Å². The minimum Gasteiger partial charge on any atom is -0.493 e. The summed E-state index contributed by atoms with van der Waals surface area (Å²) in [5.41, 5.74) is 7.39. The highest BCUT2D eigenvalue weighted by Crippen LogP contribution is 2.36. The van der Waals surface area contributed by atoms with Crippen LogP contribution in [0.15, 0.2) is 22.3 Å². The molecule has 0 saturated heterocycles. The highest BCUT2D eigenvalue weighted by atomic mass is 35.5. The van der Waals surface area contributed by atoms with Gasteiger partial charge in [0.05, 0.1) is 25.5 Å². The zero-order chi connectivity index (χ0) is 13.5. The van der Waals surface area contributed by atoms with E-state index < -0.39 is 0 Å². The first-order chi connectivity index (χ1) is 8.63. The lowest BCUT2D eigenvalue weighted by Crippen LogP contribution is -2.27. The van der Waals surface area contributed by atoms with E-state index in [9.17, 15) is 0 Å². The van der Waals surface area contributed by atoms with Crippen LogP contribution in [0.5, 0.6) is 11.5 Å². The van der Waals surface area contributed by atoms with Crippen LogP contribution in [0, 0.1) is 0 Å². The molecule has 0 fully saturated rings. The van der Waals surface area contributed by atoms with Crippen LogP contribution in [0.4, 0.5) is 0 Å². The summed E-state index contributed by atoms with van der Waals surface area (Å²) in [4.78, 5) is 0. The maximum atomic E-state index is 8.39. The molecule has 0 aliphatic heterocycles. The highest BCUT2D eigenvalue weighted by Gasteiger charge is 2.11. The first-order valence-electron chi connectivity index (χ1n) is 4.81. The Hall–Kier alpha value is -1.99. The fourth-order valence-electron chi connectivity index (χ4n) is 1.18. The number of rotatable bonds is 4. The lowest BCUT2D eigenvalue weighted by atomic mass is 10.2. The molecule has 0 aliphatic carbocycles. The number of halogens is 1. The van der Waals surface area contributed by atoms with Gasteiger partial charge in [-0.25, -0.2) is 5.48 Å². The van der Waals surface area contributed by atoms with Gasteiger partial charge in [0.1, 0.15) is 0 Å². The van der Waals surface area contributed by atoms with Crippen LogP contribution in [0.3, 0.4) is 0 Å². The summed E-state index contributed by atoms with van der Waals surface area (Å²) >= 11 is 6.10. The Balaban J connectivity index is 3.05. The van der Waals surface area contributed by atoms with E-state index in [1.807, 2.05) is 0 Å². The van der Waals surface area contributed by atoms with Crippen LogP contribution in [-0.4, -0.2) is 31.6 Å². The van der Waals surface area contributed by atoms with Crippen molar-refractivity contribution in [2.45, 2.75) is 0 Å². The molecule has 7 nitrogen and oxygen atoms in total. The number of hydroxylamine groups is 1. The molecule has 0 amide bonds. The van der Waals surface area contributed by atoms with Crippen LogP contribution in [0.2, 0.25) is 5.02 Å². The SMILES string of the molecule is COc1ccc(/C=N\N=C(\N)NO)c(Cl)c1OC. The number of guanidine groups is 1. The van der Waals surface area contributed by atoms with Crippen molar-refractivity contribution in [3.8, 4) is 11.5 Å². The summed E-state index contributed by atoms with van der Waals surface area (Å²) < 4.78 is 10.2. The standard InChI is InChI=1S/C10H13ClN4O3/c1-17-7-4-3-6(8(11)9(7)18-2)5-13-14-10(12)15-16/h3-5,16H,1-2H3,(H3,12,14,15)/b13-5-. The summed E-state index contributed by atoms with van der Waals surface area (Å²) in [6.07, 6.45) is 1.37. The van der Waals surface area contributed by atoms with Gasteiger partial charge in [-0.2, -0.15) is 5.10 Å². The maximum Gasteiger partial charge on any atom is 0.237 e. The fraction of sp³-hybridized carbons (Fsp3) is 0.200. The minimum atomic E-state index is -0.233. The number of ether oxygens (including phenoxy) is 2. The second-order valence-corrected chi connectivity index (χ2v) is 3.42. The van der Waals surface area contributed by atoms with E-state index in [0.717, 1.165) is 0 Å². The lowest BCUT2D eigenvalue weighted by molar-refractivity contribution is 0.232.